The predicted octanol–water partition coefficient (Wildman–Crippen LogP) is 4.85. The molecule has 1 aromatic carbocycles. The van der Waals surface area contributed by atoms with E-state index in [-0.39, 0.29) is 0 Å². The Morgan fingerprint density at radius 3 is 2.67 bits per heavy atom. The van der Waals surface area contributed by atoms with Crippen LogP contribution in [0.2, 0.25) is 10.3 Å². The fourth-order valence-electron chi connectivity index (χ4n) is 2.09. The maximum atomic E-state index is 6.16. The molecule has 0 unspecified atom stereocenters. The van der Waals surface area contributed by atoms with Gasteiger partial charge >= 0.3 is 0 Å². The van der Waals surface area contributed by atoms with Gasteiger partial charge in [-0.2, -0.15) is 9.61 Å². The Hall–Kier alpha value is -1.67. The van der Waals surface area contributed by atoms with Gasteiger partial charge in [0.1, 0.15) is 10.3 Å². The predicted molar refractivity (Wildman–Crippen MR) is 97.9 cm³/mol. The molecule has 0 spiro atoms. The van der Waals surface area contributed by atoms with E-state index in [1.165, 1.54) is 16.2 Å². The van der Waals surface area contributed by atoms with E-state index in [4.69, 9.17) is 23.2 Å². The number of nitrogens with zero attached hydrogens (tertiary/aromatic N) is 5. The molecule has 9 heteroatoms. The first kappa shape index (κ1) is 15.8. The SMILES string of the molecule is Clc1ccc(-c2nn3c(CSc4ccccc4)nnc3s2)c(Cl)n1. The lowest BCUT2D eigenvalue weighted by atomic mass is 10.3. The highest BCUT2D eigenvalue weighted by molar-refractivity contribution is 7.98. The van der Waals surface area contributed by atoms with E-state index in [0.717, 1.165) is 21.4 Å². The van der Waals surface area contributed by atoms with Crippen LogP contribution in [0.15, 0.2) is 47.4 Å². The summed E-state index contributed by atoms with van der Waals surface area (Å²) in [5.41, 5.74) is 0.734. The van der Waals surface area contributed by atoms with Crippen molar-refractivity contribution >= 4 is 51.3 Å². The van der Waals surface area contributed by atoms with E-state index in [1.54, 1.807) is 22.3 Å². The summed E-state index contributed by atoms with van der Waals surface area (Å²) >= 11 is 15.1. The standard InChI is InChI=1S/C15H9Cl2N5S2/c16-11-7-6-10(13(17)18-11)14-21-22-12(19-20-15(22)24-14)8-23-9-4-2-1-3-5-9/h1-7H,8H2. The van der Waals surface area contributed by atoms with E-state index in [1.807, 2.05) is 24.3 Å². The Morgan fingerprint density at radius 1 is 1.04 bits per heavy atom. The maximum absolute atomic E-state index is 6.16. The molecule has 4 rings (SSSR count). The Bertz CT molecular complexity index is 1000. The molecule has 4 aromatic rings. The van der Waals surface area contributed by atoms with Crippen LogP contribution in [0, 0.1) is 0 Å². The van der Waals surface area contributed by atoms with Crippen LogP contribution in [0.4, 0.5) is 0 Å². The highest BCUT2D eigenvalue weighted by atomic mass is 35.5. The van der Waals surface area contributed by atoms with Crippen molar-refractivity contribution in [2.24, 2.45) is 0 Å². The topological polar surface area (TPSA) is 56.0 Å². The molecule has 0 amide bonds. The van der Waals surface area contributed by atoms with Crippen molar-refractivity contribution < 1.29 is 0 Å². The molecule has 24 heavy (non-hydrogen) atoms. The zero-order valence-electron chi connectivity index (χ0n) is 12.1. The third kappa shape index (κ3) is 3.12. The lowest BCUT2D eigenvalue weighted by Crippen LogP contribution is -1.94. The molecule has 0 fully saturated rings. The maximum Gasteiger partial charge on any atom is 0.235 e. The van der Waals surface area contributed by atoms with Crippen molar-refractivity contribution in [3.8, 4) is 10.6 Å². The summed E-state index contributed by atoms with van der Waals surface area (Å²) in [7, 11) is 0. The van der Waals surface area contributed by atoms with E-state index in [2.05, 4.69) is 32.4 Å². The number of hydrogen-bond acceptors (Lipinski definition) is 6. The van der Waals surface area contributed by atoms with Gasteiger partial charge in [-0.25, -0.2) is 4.98 Å². The minimum Gasteiger partial charge on any atom is -0.224 e. The second-order valence-corrected chi connectivity index (χ2v) is 7.54. The number of aromatic nitrogens is 5. The van der Waals surface area contributed by atoms with Crippen LogP contribution in [-0.2, 0) is 5.75 Å². The fourth-order valence-corrected chi connectivity index (χ4v) is 4.29. The number of pyridine rings is 1. The van der Waals surface area contributed by atoms with Crippen LogP contribution in [0.25, 0.3) is 15.5 Å². The lowest BCUT2D eigenvalue weighted by Gasteiger charge is -2.00. The fraction of sp³-hybridized carbons (Fsp3) is 0.0667. The first-order valence-electron chi connectivity index (χ1n) is 6.92. The molecule has 0 radical (unpaired) electrons. The molecule has 5 nitrogen and oxygen atoms in total. The Labute approximate surface area is 155 Å². The molecule has 0 N–H and O–H groups in total. The van der Waals surface area contributed by atoms with Gasteiger partial charge in [0, 0.05) is 10.5 Å². The van der Waals surface area contributed by atoms with Gasteiger partial charge < -0.3 is 0 Å². The first-order chi connectivity index (χ1) is 11.7. The van der Waals surface area contributed by atoms with Crippen molar-refractivity contribution in [2.75, 3.05) is 0 Å². The van der Waals surface area contributed by atoms with Gasteiger partial charge in [0.05, 0.1) is 5.75 Å². The number of fused-ring (bicyclic) bond motifs is 1. The third-order valence-corrected chi connectivity index (χ3v) is 5.65. The summed E-state index contributed by atoms with van der Waals surface area (Å²) in [5, 5.41) is 14.4. The highest BCUT2D eigenvalue weighted by Gasteiger charge is 2.15. The van der Waals surface area contributed by atoms with Gasteiger partial charge in [0.15, 0.2) is 10.8 Å². The van der Waals surface area contributed by atoms with Gasteiger partial charge in [-0.05, 0) is 24.3 Å². The minimum atomic E-state index is 0.327. The van der Waals surface area contributed by atoms with Crippen molar-refractivity contribution in [1.29, 1.82) is 0 Å². The quantitative estimate of drug-likeness (QED) is 0.366. The molecule has 0 aliphatic carbocycles. The second kappa shape index (κ2) is 6.68. The average molecular weight is 394 g/mol. The summed E-state index contributed by atoms with van der Waals surface area (Å²) in [5.74, 6) is 1.47. The molecule has 0 atom stereocenters. The van der Waals surface area contributed by atoms with E-state index >= 15 is 0 Å². The summed E-state index contributed by atoms with van der Waals surface area (Å²) in [6, 6.07) is 13.6. The molecule has 120 valence electrons. The lowest BCUT2D eigenvalue weighted by molar-refractivity contribution is 0.887. The van der Waals surface area contributed by atoms with E-state index in [0.29, 0.717) is 16.1 Å². The molecular formula is C15H9Cl2N5S2. The van der Waals surface area contributed by atoms with Crippen LogP contribution in [0.3, 0.4) is 0 Å². The average Bonchev–Trinajstić information content (AvgIpc) is 3.15. The van der Waals surface area contributed by atoms with Gasteiger partial charge in [-0.3, -0.25) is 0 Å². The van der Waals surface area contributed by atoms with Gasteiger partial charge in [0.2, 0.25) is 4.96 Å². The summed E-state index contributed by atoms with van der Waals surface area (Å²) < 4.78 is 1.75. The second-order valence-electron chi connectivity index (χ2n) is 4.79. The zero-order valence-corrected chi connectivity index (χ0v) is 15.2. The molecular weight excluding hydrogens is 385 g/mol. The number of rotatable bonds is 4. The van der Waals surface area contributed by atoms with Gasteiger partial charge in [-0.1, -0.05) is 52.7 Å². The normalized spacial score (nSPS) is 11.2. The third-order valence-electron chi connectivity index (χ3n) is 3.21. The Kier molecular flexibility index (Phi) is 4.41. The summed E-state index contributed by atoms with van der Waals surface area (Å²) in [4.78, 5) is 5.95. The molecule has 0 aliphatic heterocycles. The molecule has 3 aromatic heterocycles. The molecule has 0 saturated heterocycles. The summed E-state index contributed by atoms with van der Waals surface area (Å²) in [6.07, 6.45) is 0. The highest BCUT2D eigenvalue weighted by Crippen LogP contribution is 2.32. The van der Waals surface area contributed by atoms with E-state index < -0.39 is 0 Å². The molecule has 0 aliphatic rings. The van der Waals surface area contributed by atoms with Crippen LogP contribution in [0.1, 0.15) is 5.82 Å². The zero-order chi connectivity index (χ0) is 16.5. The van der Waals surface area contributed by atoms with Gasteiger partial charge in [0.25, 0.3) is 0 Å². The van der Waals surface area contributed by atoms with Crippen LogP contribution in [-0.4, -0.2) is 24.8 Å². The number of benzene rings is 1. The minimum absolute atomic E-state index is 0.327. The van der Waals surface area contributed by atoms with Gasteiger partial charge in [-0.15, -0.1) is 22.0 Å². The molecule has 0 bridgehead atoms. The Morgan fingerprint density at radius 2 is 1.88 bits per heavy atom. The number of thioether (sulfide) groups is 1. The monoisotopic (exact) mass is 393 g/mol. The van der Waals surface area contributed by atoms with Crippen LogP contribution >= 0.6 is 46.3 Å². The smallest absolute Gasteiger partial charge is 0.224 e. The molecule has 0 saturated carbocycles. The number of hydrogen-bond donors (Lipinski definition) is 0. The van der Waals surface area contributed by atoms with Crippen LogP contribution < -0.4 is 0 Å². The largest absolute Gasteiger partial charge is 0.235 e. The van der Waals surface area contributed by atoms with Crippen molar-refractivity contribution in [3.63, 3.8) is 0 Å². The first-order valence-corrected chi connectivity index (χ1v) is 9.48. The summed E-state index contributed by atoms with van der Waals surface area (Å²) in [6.45, 7) is 0. The van der Waals surface area contributed by atoms with Crippen molar-refractivity contribution in [1.82, 2.24) is 24.8 Å². The van der Waals surface area contributed by atoms with Crippen molar-refractivity contribution in [3.05, 3.63) is 58.6 Å². The van der Waals surface area contributed by atoms with Crippen LogP contribution in [0.5, 0.6) is 0 Å². The van der Waals surface area contributed by atoms with E-state index in [9.17, 15) is 0 Å². The molecule has 3 heterocycles. The van der Waals surface area contributed by atoms with Crippen molar-refractivity contribution in [2.45, 2.75) is 10.6 Å². The number of halogens is 2. The Balaban J connectivity index is 1.63.